The van der Waals surface area contributed by atoms with Crippen LogP contribution in [-0.4, -0.2) is 23.7 Å². The Bertz CT molecular complexity index is 499. The third kappa shape index (κ3) is 3.51. The summed E-state index contributed by atoms with van der Waals surface area (Å²) in [4.78, 5) is 13.0. The molecular weight excluding hydrogens is 262 g/mol. The highest BCUT2D eigenvalue weighted by molar-refractivity contribution is 6.30. The second-order valence-corrected chi connectivity index (χ2v) is 5.35. The lowest BCUT2D eigenvalue weighted by Crippen LogP contribution is -2.37. The van der Waals surface area contributed by atoms with Crippen molar-refractivity contribution in [2.45, 2.75) is 32.2 Å². The van der Waals surface area contributed by atoms with Crippen molar-refractivity contribution < 1.29 is 9.90 Å². The molecule has 1 atom stereocenters. The van der Waals surface area contributed by atoms with E-state index in [1.54, 1.807) is 6.08 Å². The highest BCUT2D eigenvalue weighted by Crippen LogP contribution is 2.30. The molecule has 0 radical (unpaired) electrons. The van der Waals surface area contributed by atoms with Crippen molar-refractivity contribution in [2.75, 3.05) is 11.4 Å². The normalized spacial score (nSPS) is 19.9. The number of benzene rings is 1. The molecule has 3 nitrogen and oxygen atoms in total. The summed E-state index contributed by atoms with van der Waals surface area (Å²) in [5, 5.41) is 9.39. The Balaban J connectivity index is 2.35. The molecule has 19 heavy (non-hydrogen) atoms. The van der Waals surface area contributed by atoms with Crippen molar-refractivity contribution in [1.29, 1.82) is 0 Å². The zero-order valence-electron chi connectivity index (χ0n) is 11.0. The average Bonchev–Trinajstić information content (AvgIpc) is 2.37. The van der Waals surface area contributed by atoms with Gasteiger partial charge < -0.3 is 10.0 Å². The molecule has 1 heterocycles. The van der Waals surface area contributed by atoms with Gasteiger partial charge in [0.2, 0.25) is 0 Å². The first-order valence-corrected chi connectivity index (χ1v) is 6.93. The molecule has 1 unspecified atom stereocenters. The standard InChI is InChI=1S/C15H18ClNO2/c1-11-4-2-3-9-17(11)14-7-6-13(16)10-12(14)5-8-15(18)19/h5-8,10-11H,2-4,9H2,1H3,(H,18,19)/b8-5+. The minimum atomic E-state index is -0.947. The van der Waals surface area contributed by atoms with Crippen LogP contribution in [0.15, 0.2) is 24.3 Å². The molecule has 0 bridgehead atoms. The second-order valence-electron chi connectivity index (χ2n) is 4.91. The van der Waals surface area contributed by atoms with E-state index in [1.165, 1.54) is 19.3 Å². The second kappa shape index (κ2) is 6.11. The number of carbonyl (C=O) groups is 1. The van der Waals surface area contributed by atoms with Crippen LogP contribution in [0.5, 0.6) is 0 Å². The van der Waals surface area contributed by atoms with Crippen LogP contribution in [-0.2, 0) is 4.79 Å². The van der Waals surface area contributed by atoms with Crippen LogP contribution in [0, 0.1) is 0 Å². The fourth-order valence-corrected chi connectivity index (χ4v) is 2.72. The number of hydrogen-bond donors (Lipinski definition) is 1. The highest BCUT2D eigenvalue weighted by Gasteiger charge is 2.20. The summed E-state index contributed by atoms with van der Waals surface area (Å²) >= 11 is 6.01. The van der Waals surface area contributed by atoms with Crippen molar-refractivity contribution in [2.24, 2.45) is 0 Å². The van der Waals surface area contributed by atoms with Crippen LogP contribution in [0.3, 0.4) is 0 Å². The van der Waals surface area contributed by atoms with E-state index < -0.39 is 5.97 Å². The van der Waals surface area contributed by atoms with Gasteiger partial charge in [0.15, 0.2) is 0 Å². The fourth-order valence-electron chi connectivity index (χ4n) is 2.54. The number of halogens is 1. The van der Waals surface area contributed by atoms with Crippen LogP contribution in [0.2, 0.25) is 5.02 Å². The van der Waals surface area contributed by atoms with Crippen molar-refractivity contribution in [3.8, 4) is 0 Å². The average molecular weight is 280 g/mol. The van der Waals surface area contributed by atoms with Crippen molar-refractivity contribution in [3.05, 3.63) is 34.9 Å². The SMILES string of the molecule is CC1CCCCN1c1ccc(Cl)cc1/C=C/C(=O)O. The van der Waals surface area contributed by atoms with E-state index in [1.807, 2.05) is 18.2 Å². The highest BCUT2D eigenvalue weighted by atomic mass is 35.5. The number of nitrogens with zero attached hydrogens (tertiary/aromatic N) is 1. The van der Waals surface area contributed by atoms with Gasteiger partial charge in [0.1, 0.15) is 0 Å². The largest absolute Gasteiger partial charge is 0.478 e. The number of carboxylic acids is 1. The van der Waals surface area contributed by atoms with E-state index in [0.29, 0.717) is 11.1 Å². The first kappa shape index (κ1) is 13.9. The summed E-state index contributed by atoms with van der Waals surface area (Å²) in [5.74, 6) is -0.947. The Morgan fingerprint density at radius 1 is 1.47 bits per heavy atom. The molecule has 0 aromatic heterocycles. The molecule has 0 amide bonds. The molecule has 1 fully saturated rings. The quantitative estimate of drug-likeness (QED) is 0.855. The zero-order valence-corrected chi connectivity index (χ0v) is 11.7. The summed E-state index contributed by atoms with van der Waals surface area (Å²) in [6.45, 7) is 3.22. The van der Waals surface area contributed by atoms with Crippen molar-refractivity contribution in [1.82, 2.24) is 0 Å². The fraction of sp³-hybridized carbons (Fsp3) is 0.400. The summed E-state index contributed by atoms with van der Waals surface area (Å²) in [6.07, 6.45) is 6.37. The van der Waals surface area contributed by atoms with Crippen LogP contribution in [0.4, 0.5) is 5.69 Å². The lowest BCUT2D eigenvalue weighted by atomic mass is 10.0. The van der Waals surface area contributed by atoms with Gasteiger partial charge in [0.05, 0.1) is 0 Å². The van der Waals surface area contributed by atoms with Gasteiger partial charge in [-0.3, -0.25) is 0 Å². The zero-order chi connectivity index (χ0) is 13.8. The Morgan fingerprint density at radius 3 is 2.95 bits per heavy atom. The molecule has 4 heteroatoms. The van der Waals surface area contributed by atoms with Crippen LogP contribution in [0.25, 0.3) is 6.08 Å². The smallest absolute Gasteiger partial charge is 0.328 e. The lowest BCUT2D eigenvalue weighted by molar-refractivity contribution is -0.131. The number of aliphatic carboxylic acids is 1. The van der Waals surface area contributed by atoms with E-state index >= 15 is 0 Å². The summed E-state index contributed by atoms with van der Waals surface area (Å²) in [6, 6.07) is 6.13. The lowest BCUT2D eigenvalue weighted by Gasteiger charge is -2.36. The maximum atomic E-state index is 10.7. The molecule has 0 spiro atoms. The van der Waals surface area contributed by atoms with Gasteiger partial charge in [-0.2, -0.15) is 0 Å². The third-order valence-electron chi connectivity index (χ3n) is 3.51. The molecule has 1 aromatic carbocycles. The predicted octanol–water partition coefficient (Wildman–Crippen LogP) is 3.82. The molecule has 1 aliphatic heterocycles. The summed E-state index contributed by atoms with van der Waals surface area (Å²) in [5.41, 5.74) is 1.93. The topological polar surface area (TPSA) is 40.5 Å². The van der Waals surface area contributed by atoms with E-state index in [9.17, 15) is 4.79 Å². The van der Waals surface area contributed by atoms with Gasteiger partial charge >= 0.3 is 5.97 Å². The number of piperidine rings is 1. The number of rotatable bonds is 3. The van der Waals surface area contributed by atoms with E-state index in [0.717, 1.165) is 23.9 Å². The van der Waals surface area contributed by atoms with Crippen LogP contribution in [0.1, 0.15) is 31.7 Å². The van der Waals surface area contributed by atoms with Gasteiger partial charge in [-0.25, -0.2) is 4.79 Å². The summed E-state index contributed by atoms with van der Waals surface area (Å²) < 4.78 is 0. The molecule has 1 aliphatic rings. The predicted molar refractivity (Wildman–Crippen MR) is 78.8 cm³/mol. The molecule has 0 saturated carbocycles. The first-order chi connectivity index (χ1) is 9.08. The maximum Gasteiger partial charge on any atom is 0.328 e. The molecule has 1 N–H and O–H groups in total. The number of hydrogen-bond acceptors (Lipinski definition) is 2. The first-order valence-electron chi connectivity index (χ1n) is 6.55. The van der Waals surface area contributed by atoms with E-state index in [2.05, 4.69) is 11.8 Å². The molecule has 1 saturated heterocycles. The van der Waals surface area contributed by atoms with Crippen molar-refractivity contribution in [3.63, 3.8) is 0 Å². The van der Waals surface area contributed by atoms with E-state index in [4.69, 9.17) is 16.7 Å². The van der Waals surface area contributed by atoms with Gasteiger partial charge in [-0.05, 0) is 56.0 Å². The minimum Gasteiger partial charge on any atom is -0.478 e. The number of anilines is 1. The maximum absolute atomic E-state index is 10.7. The van der Waals surface area contributed by atoms with Crippen LogP contribution >= 0.6 is 11.6 Å². The van der Waals surface area contributed by atoms with Crippen molar-refractivity contribution >= 4 is 29.3 Å². The molecule has 102 valence electrons. The molecule has 2 rings (SSSR count). The Kier molecular flexibility index (Phi) is 4.48. The van der Waals surface area contributed by atoms with Gasteiger partial charge in [-0.1, -0.05) is 11.6 Å². The minimum absolute atomic E-state index is 0.479. The summed E-state index contributed by atoms with van der Waals surface area (Å²) in [7, 11) is 0. The Morgan fingerprint density at radius 2 is 2.26 bits per heavy atom. The molecule has 1 aromatic rings. The van der Waals surface area contributed by atoms with Crippen LogP contribution < -0.4 is 4.90 Å². The Labute approximate surface area is 118 Å². The molecular formula is C15H18ClNO2. The van der Waals surface area contributed by atoms with E-state index in [-0.39, 0.29) is 0 Å². The number of carboxylic acid groups (broad SMARTS) is 1. The van der Waals surface area contributed by atoms with Gasteiger partial charge in [-0.15, -0.1) is 0 Å². The van der Waals surface area contributed by atoms with Gasteiger partial charge in [0.25, 0.3) is 0 Å². The Hall–Kier alpha value is -1.48. The molecule has 0 aliphatic carbocycles. The monoisotopic (exact) mass is 279 g/mol. The third-order valence-corrected chi connectivity index (χ3v) is 3.74. The van der Waals surface area contributed by atoms with Gasteiger partial charge in [0, 0.05) is 29.4 Å².